The zero-order valence-electron chi connectivity index (χ0n) is 10.2. The number of hydrogen-bond donors (Lipinski definition) is 1. The summed E-state index contributed by atoms with van der Waals surface area (Å²) in [6.07, 6.45) is 4.03. The number of aromatic nitrogens is 2. The van der Waals surface area contributed by atoms with E-state index in [-0.39, 0.29) is 0 Å². The van der Waals surface area contributed by atoms with E-state index in [4.69, 9.17) is 21.9 Å². The minimum absolute atomic E-state index is 0.421. The first kappa shape index (κ1) is 13.1. The standard InChI is InChI=1S/C13H13BrClN3O/c14-8-3-4-9(10(15)7-8)11-17-12(18-19-11)13(16)5-1-2-6-13/h3-4,7H,1-2,5-6,16H2. The number of hydrogen-bond acceptors (Lipinski definition) is 4. The van der Waals surface area contributed by atoms with Crippen LogP contribution in [0.4, 0.5) is 0 Å². The van der Waals surface area contributed by atoms with E-state index < -0.39 is 5.54 Å². The van der Waals surface area contributed by atoms with Gasteiger partial charge in [0.25, 0.3) is 5.89 Å². The van der Waals surface area contributed by atoms with Crippen molar-refractivity contribution >= 4 is 27.5 Å². The van der Waals surface area contributed by atoms with Gasteiger partial charge in [-0.3, -0.25) is 0 Å². The second-order valence-corrected chi connectivity index (χ2v) is 6.23. The van der Waals surface area contributed by atoms with E-state index in [1.165, 1.54) is 0 Å². The summed E-state index contributed by atoms with van der Waals surface area (Å²) in [5, 5.41) is 4.60. The molecule has 0 radical (unpaired) electrons. The zero-order valence-corrected chi connectivity index (χ0v) is 12.5. The van der Waals surface area contributed by atoms with Crippen molar-refractivity contribution in [2.75, 3.05) is 0 Å². The van der Waals surface area contributed by atoms with Crippen molar-refractivity contribution in [3.8, 4) is 11.5 Å². The van der Waals surface area contributed by atoms with E-state index in [0.717, 1.165) is 35.7 Å². The van der Waals surface area contributed by atoms with Gasteiger partial charge in [-0.05, 0) is 31.0 Å². The Kier molecular flexibility index (Phi) is 3.37. The summed E-state index contributed by atoms with van der Waals surface area (Å²) in [6, 6.07) is 5.54. The maximum Gasteiger partial charge on any atom is 0.259 e. The quantitative estimate of drug-likeness (QED) is 0.899. The molecule has 3 rings (SSSR count). The number of halogens is 2. The molecule has 100 valence electrons. The number of benzene rings is 1. The molecule has 1 saturated carbocycles. The van der Waals surface area contributed by atoms with Crippen LogP contribution in [-0.4, -0.2) is 10.1 Å². The summed E-state index contributed by atoms with van der Waals surface area (Å²) in [7, 11) is 0. The molecule has 1 heterocycles. The Morgan fingerprint density at radius 2 is 2.05 bits per heavy atom. The van der Waals surface area contributed by atoms with Crippen LogP contribution >= 0.6 is 27.5 Å². The molecule has 0 spiro atoms. The first-order chi connectivity index (χ1) is 9.08. The average Bonchev–Trinajstić information content (AvgIpc) is 2.99. The summed E-state index contributed by atoms with van der Waals surface area (Å²) >= 11 is 9.54. The number of nitrogens with zero attached hydrogens (tertiary/aromatic N) is 2. The molecular formula is C13H13BrClN3O. The molecule has 6 heteroatoms. The maximum absolute atomic E-state index is 6.31. The Bertz CT molecular complexity index is 608. The van der Waals surface area contributed by atoms with Crippen molar-refractivity contribution in [3.63, 3.8) is 0 Å². The lowest BCUT2D eigenvalue weighted by molar-refractivity contribution is 0.372. The molecule has 1 aliphatic rings. The molecular weight excluding hydrogens is 330 g/mol. The molecule has 1 fully saturated rings. The van der Waals surface area contributed by atoms with Gasteiger partial charge in [0.05, 0.1) is 16.1 Å². The van der Waals surface area contributed by atoms with Gasteiger partial charge in [0.15, 0.2) is 5.82 Å². The minimum Gasteiger partial charge on any atom is -0.334 e. The van der Waals surface area contributed by atoms with E-state index in [1.54, 1.807) is 6.07 Å². The van der Waals surface area contributed by atoms with Crippen molar-refractivity contribution in [1.82, 2.24) is 10.1 Å². The molecule has 0 bridgehead atoms. The topological polar surface area (TPSA) is 64.9 Å². The lowest BCUT2D eigenvalue weighted by Gasteiger charge is -2.17. The van der Waals surface area contributed by atoms with E-state index in [2.05, 4.69) is 26.1 Å². The summed E-state index contributed by atoms with van der Waals surface area (Å²) in [5.41, 5.74) is 6.59. The van der Waals surface area contributed by atoms with Crippen LogP contribution in [-0.2, 0) is 5.54 Å². The van der Waals surface area contributed by atoms with E-state index in [1.807, 2.05) is 12.1 Å². The Morgan fingerprint density at radius 1 is 1.32 bits per heavy atom. The number of rotatable bonds is 2. The van der Waals surface area contributed by atoms with Crippen LogP contribution in [0.25, 0.3) is 11.5 Å². The van der Waals surface area contributed by atoms with Crippen molar-refractivity contribution in [2.45, 2.75) is 31.2 Å². The van der Waals surface area contributed by atoms with Gasteiger partial charge in [0, 0.05) is 4.47 Å². The second-order valence-electron chi connectivity index (χ2n) is 4.91. The maximum atomic E-state index is 6.31. The lowest BCUT2D eigenvalue weighted by atomic mass is 9.99. The molecule has 19 heavy (non-hydrogen) atoms. The molecule has 1 aliphatic carbocycles. The third-order valence-electron chi connectivity index (χ3n) is 3.53. The van der Waals surface area contributed by atoms with Crippen molar-refractivity contribution in [3.05, 3.63) is 33.5 Å². The predicted octanol–water partition coefficient (Wildman–Crippen LogP) is 3.88. The molecule has 0 unspecified atom stereocenters. The third-order valence-corrected chi connectivity index (χ3v) is 4.33. The minimum atomic E-state index is -0.441. The van der Waals surface area contributed by atoms with Gasteiger partial charge < -0.3 is 10.3 Å². The van der Waals surface area contributed by atoms with Crippen molar-refractivity contribution in [1.29, 1.82) is 0 Å². The van der Waals surface area contributed by atoms with E-state index in [0.29, 0.717) is 16.7 Å². The van der Waals surface area contributed by atoms with Crippen LogP contribution < -0.4 is 5.73 Å². The molecule has 4 nitrogen and oxygen atoms in total. The van der Waals surface area contributed by atoms with Crippen LogP contribution in [0.15, 0.2) is 27.2 Å². The first-order valence-electron chi connectivity index (χ1n) is 6.17. The van der Waals surface area contributed by atoms with E-state index >= 15 is 0 Å². The Balaban J connectivity index is 1.97. The van der Waals surface area contributed by atoms with Gasteiger partial charge in [-0.15, -0.1) is 0 Å². The largest absolute Gasteiger partial charge is 0.334 e. The highest BCUT2D eigenvalue weighted by Gasteiger charge is 2.36. The fourth-order valence-electron chi connectivity index (χ4n) is 2.43. The molecule has 0 saturated heterocycles. The highest BCUT2D eigenvalue weighted by atomic mass is 79.9. The van der Waals surface area contributed by atoms with Gasteiger partial charge in [-0.1, -0.05) is 45.5 Å². The van der Waals surface area contributed by atoms with Gasteiger partial charge in [-0.25, -0.2) is 0 Å². The fourth-order valence-corrected chi connectivity index (χ4v) is 3.18. The molecule has 1 aromatic carbocycles. The fraction of sp³-hybridized carbons (Fsp3) is 0.385. The Hall–Kier alpha value is -0.910. The molecule has 0 atom stereocenters. The van der Waals surface area contributed by atoms with Crippen LogP contribution in [0.3, 0.4) is 0 Å². The van der Waals surface area contributed by atoms with Crippen LogP contribution in [0.1, 0.15) is 31.5 Å². The molecule has 2 aromatic rings. The van der Waals surface area contributed by atoms with Crippen LogP contribution in [0.5, 0.6) is 0 Å². The molecule has 2 N–H and O–H groups in total. The summed E-state index contributed by atoms with van der Waals surface area (Å²) in [4.78, 5) is 4.42. The highest BCUT2D eigenvalue weighted by Crippen LogP contribution is 2.36. The summed E-state index contributed by atoms with van der Waals surface area (Å²) in [6.45, 7) is 0. The predicted molar refractivity (Wildman–Crippen MR) is 76.8 cm³/mol. The lowest BCUT2D eigenvalue weighted by Crippen LogP contribution is -2.34. The van der Waals surface area contributed by atoms with Gasteiger partial charge in [0.2, 0.25) is 0 Å². The van der Waals surface area contributed by atoms with Crippen LogP contribution in [0.2, 0.25) is 5.02 Å². The smallest absolute Gasteiger partial charge is 0.259 e. The van der Waals surface area contributed by atoms with E-state index in [9.17, 15) is 0 Å². The van der Waals surface area contributed by atoms with Gasteiger partial charge in [0.1, 0.15) is 0 Å². The van der Waals surface area contributed by atoms with Gasteiger partial charge >= 0.3 is 0 Å². The highest BCUT2D eigenvalue weighted by molar-refractivity contribution is 9.10. The zero-order chi connectivity index (χ0) is 13.5. The Labute approximate surface area is 124 Å². The molecule has 1 aromatic heterocycles. The third kappa shape index (κ3) is 2.42. The van der Waals surface area contributed by atoms with Gasteiger partial charge in [-0.2, -0.15) is 4.98 Å². The summed E-state index contributed by atoms with van der Waals surface area (Å²) < 4.78 is 6.22. The summed E-state index contributed by atoms with van der Waals surface area (Å²) in [5.74, 6) is 1.00. The van der Waals surface area contributed by atoms with Crippen molar-refractivity contribution < 1.29 is 4.52 Å². The SMILES string of the molecule is NC1(c2noc(-c3ccc(Br)cc3Cl)n2)CCCC1. The Morgan fingerprint density at radius 3 is 2.74 bits per heavy atom. The second kappa shape index (κ2) is 4.89. The molecule has 0 amide bonds. The molecule has 0 aliphatic heterocycles. The van der Waals surface area contributed by atoms with Crippen molar-refractivity contribution in [2.24, 2.45) is 5.73 Å². The normalized spacial score (nSPS) is 17.8. The monoisotopic (exact) mass is 341 g/mol. The van der Waals surface area contributed by atoms with Crippen LogP contribution in [0, 0.1) is 0 Å². The first-order valence-corrected chi connectivity index (χ1v) is 7.34. The average molecular weight is 343 g/mol. The number of nitrogens with two attached hydrogens (primary N) is 1.